The van der Waals surface area contributed by atoms with Crippen molar-refractivity contribution >= 4 is 32.9 Å². The molecule has 0 saturated carbocycles. The molecule has 0 atom stereocenters. The molecule has 6 heteroatoms. The summed E-state index contributed by atoms with van der Waals surface area (Å²) in [5.74, 6) is -2.34. The van der Waals surface area contributed by atoms with E-state index in [-0.39, 0.29) is 27.5 Å². The summed E-state index contributed by atoms with van der Waals surface area (Å²) >= 11 is 0. The molecule has 0 saturated heterocycles. The van der Waals surface area contributed by atoms with Crippen molar-refractivity contribution in [1.82, 2.24) is 0 Å². The minimum absolute atomic E-state index is 0.00279. The third-order valence-electron chi connectivity index (χ3n) is 3.30. The molecule has 0 unspecified atom stereocenters. The van der Waals surface area contributed by atoms with Gasteiger partial charge in [-0.2, -0.15) is 0 Å². The van der Waals surface area contributed by atoms with E-state index in [1.54, 1.807) is 0 Å². The summed E-state index contributed by atoms with van der Waals surface area (Å²) in [5.41, 5.74) is -1.05. The van der Waals surface area contributed by atoms with Gasteiger partial charge in [-0.05, 0) is 12.1 Å². The molecule has 0 spiro atoms. The zero-order chi connectivity index (χ0) is 14.7. The number of furan rings is 1. The van der Waals surface area contributed by atoms with Crippen LogP contribution in [0.25, 0.3) is 32.9 Å². The highest BCUT2D eigenvalue weighted by molar-refractivity contribution is 6.12. The fraction of sp³-hybridized carbons (Fsp3) is 0. The molecule has 2 aromatic carbocycles. The van der Waals surface area contributed by atoms with Gasteiger partial charge in [0.05, 0.1) is 5.39 Å². The Kier molecular flexibility index (Phi) is 2.22. The van der Waals surface area contributed by atoms with Crippen LogP contribution in [-0.4, -0.2) is 0 Å². The van der Waals surface area contributed by atoms with Crippen LogP contribution in [0, 0.1) is 17.5 Å². The van der Waals surface area contributed by atoms with Crippen molar-refractivity contribution in [3.63, 3.8) is 0 Å². The van der Waals surface area contributed by atoms with Crippen LogP contribution in [-0.2, 0) is 0 Å². The number of halogens is 3. The Bertz CT molecular complexity index is 1090. The predicted molar refractivity (Wildman–Crippen MR) is 69.6 cm³/mol. The van der Waals surface area contributed by atoms with E-state index in [0.717, 1.165) is 18.2 Å². The average molecular weight is 290 g/mol. The van der Waals surface area contributed by atoms with Crippen LogP contribution in [0.3, 0.4) is 0 Å². The van der Waals surface area contributed by atoms with Crippen molar-refractivity contribution in [3.8, 4) is 0 Å². The van der Waals surface area contributed by atoms with E-state index in [1.165, 1.54) is 6.07 Å². The molecule has 0 aliphatic carbocycles. The maximum absolute atomic E-state index is 14.0. The van der Waals surface area contributed by atoms with Crippen LogP contribution in [0.1, 0.15) is 0 Å². The highest BCUT2D eigenvalue weighted by atomic mass is 19.1. The van der Waals surface area contributed by atoms with Crippen molar-refractivity contribution < 1.29 is 22.0 Å². The first-order valence-corrected chi connectivity index (χ1v) is 5.98. The van der Waals surface area contributed by atoms with Gasteiger partial charge in [-0.15, -0.1) is 0 Å². The summed E-state index contributed by atoms with van der Waals surface area (Å²) in [4.78, 5) is 12.0. The molecule has 4 aromatic rings. The summed E-state index contributed by atoms with van der Waals surface area (Å²) in [6.07, 6.45) is 0. The predicted octanol–water partition coefficient (Wildman–Crippen LogP) is 4.11. The highest BCUT2D eigenvalue weighted by Gasteiger charge is 2.19. The first-order valence-electron chi connectivity index (χ1n) is 5.98. The molecular formula is C15H5F3O3. The molecule has 0 fully saturated rings. The lowest BCUT2D eigenvalue weighted by molar-refractivity contribution is 0.546. The van der Waals surface area contributed by atoms with Crippen molar-refractivity contribution in [1.29, 1.82) is 0 Å². The molecular weight excluding hydrogens is 285 g/mol. The van der Waals surface area contributed by atoms with Gasteiger partial charge in [0.2, 0.25) is 0 Å². The number of rotatable bonds is 0. The summed E-state index contributed by atoms with van der Waals surface area (Å²) in [5, 5.41) is 0.163. The fourth-order valence-electron chi connectivity index (χ4n) is 2.45. The maximum atomic E-state index is 14.0. The zero-order valence-corrected chi connectivity index (χ0v) is 10.2. The Hall–Kier alpha value is -2.76. The quantitative estimate of drug-likeness (QED) is 0.458. The number of fused-ring (bicyclic) bond motifs is 5. The Morgan fingerprint density at radius 3 is 2.38 bits per heavy atom. The van der Waals surface area contributed by atoms with E-state index in [0.29, 0.717) is 11.5 Å². The lowest BCUT2D eigenvalue weighted by atomic mass is 10.1. The summed E-state index contributed by atoms with van der Waals surface area (Å²) in [7, 11) is 0. The Morgan fingerprint density at radius 1 is 0.810 bits per heavy atom. The first-order chi connectivity index (χ1) is 10.0. The summed E-state index contributed by atoms with van der Waals surface area (Å²) in [6, 6.07) is 5.15. The Balaban J connectivity index is 2.35. The van der Waals surface area contributed by atoms with Crippen molar-refractivity contribution in [3.05, 3.63) is 58.2 Å². The lowest BCUT2D eigenvalue weighted by Crippen LogP contribution is -1.99. The van der Waals surface area contributed by atoms with Gasteiger partial charge in [0.25, 0.3) is 0 Å². The monoisotopic (exact) mass is 290 g/mol. The van der Waals surface area contributed by atoms with Crippen molar-refractivity contribution in [2.75, 3.05) is 0 Å². The molecule has 2 heterocycles. The van der Waals surface area contributed by atoms with Gasteiger partial charge in [0.1, 0.15) is 34.0 Å². The largest absolute Gasteiger partial charge is 0.455 e. The van der Waals surface area contributed by atoms with Crippen LogP contribution in [0.2, 0.25) is 0 Å². The minimum atomic E-state index is -0.918. The number of benzene rings is 2. The van der Waals surface area contributed by atoms with E-state index in [2.05, 4.69) is 0 Å². The van der Waals surface area contributed by atoms with Gasteiger partial charge < -0.3 is 8.83 Å². The topological polar surface area (TPSA) is 43.4 Å². The molecule has 0 N–H and O–H groups in total. The van der Waals surface area contributed by atoms with E-state index in [4.69, 9.17) is 8.83 Å². The minimum Gasteiger partial charge on any atom is -0.455 e. The van der Waals surface area contributed by atoms with E-state index < -0.39 is 23.1 Å². The molecule has 104 valence electrons. The fourth-order valence-corrected chi connectivity index (χ4v) is 2.45. The van der Waals surface area contributed by atoms with Gasteiger partial charge >= 0.3 is 5.63 Å². The van der Waals surface area contributed by atoms with Gasteiger partial charge in [0.15, 0.2) is 5.58 Å². The van der Waals surface area contributed by atoms with Crippen LogP contribution in [0.4, 0.5) is 13.2 Å². The van der Waals surface area contributed by atoms with Gasteiger partial charge in [-0.25, -0.2) is 18.0 Å². The van der Waals surface area contributed by atoms with Crippen LogP contribution < -0.4 is 5.63 Å². The standard InChI is InChI=1S/C15H5F3O3/c16-6-1-2-8-10(4-6)20-14-12(8)15(19)21-11-5-7(17)3-9(18)13(11)14/h1-5H. The smallest absolute Gasteiger partial charge is 0.348 e. The zero-order valence-electron chi connectivity index (χ0n) is 10.2. The molecule has 0 radical (unpaired) electrons. The van der Waals surface area contributed by atoms with Crippen molar-refractivity contribution in [2.24, 2.45) is 0 Å². The summed E-state index contributed by atoms with van der Waals surface area (Å²) < 4.78 is 50.7. The third kappa shape index (κ3) is 1.59. The van der Waals surface area contributed by atoms with Crippen LogP contribution >= 0.6 is 0 Å². The second-order valence-corrected chi connectivity index (χ2v) is 4.60. The highest BCUT2D eigenvalue weighted by Crippen LogP contribution is 2.33. The number of hydrogen-bond acceptors (Lipinski definition) is 3. The van der Waals surface area contributed by atoms with Crippen molar-refractivity contribution in [2.45, 2.75) is 0 Å². The Morgan fingerprint density at radius 2 is 1.57 bits per heavy atom. The van der Waals surface area contributed by atoms with Crippen LogP contribution in [0.15, 0.2) is 44.0 Å². The first kappa shape index (κ1) is 12.0. The summed E-state index contributed by atoms with van der Waals surface area (Å²) in [6.45, 7) is 0. The van der Waals surface area contributed by atoms with E-state index in [9.17, 15) is 18.0 Å². The second kappa shape index (κ2) is 3.88. The molecule has 2 aromatic heterocycles. The molecule has 0 bridgehead atoms. The normalized spacial score (nSPS) is 11.8. The third-order valence-corrected chi connectivity index (χ3v) is 3.30. The molecule has 0 amide bonds. The van der Waals surface area contributed by atoms with Gasteiger partial charge in [-0.3, -0.25) is 0 Å². The molecule has 3 nitrogen and oxygen atoms in total. The number of hydrogen-bond donors (Lipinski definition) is 0. The average Bonchev–Trinajstić information content (AvgIpc) is 2.75. The Labute approximate surface area is 114 Å². The van der Waals surface area contributed by atoms with Gasteiger partial charge in [-0.1, -0.05) is 0 Å². The van der Waals surface area contributed by atoms with Gasteiger partial charge in [0, 0.05) is 23.6 Å². The second-order valence-electron chi connectivity index (χ2n) is 4.60. The molecule has 0 aliphatic rings. The maximum Gasteiger partial charge on any atom is 0.348 e. The molecule has 4 rings (SSSR count). The van der Waals surface area contributed by atoms with E-state index in [1.807, 2.05) is 0 Å². The SMILES string of the molecule is O=c1oc2cc(F)cc(F)c2c2oc3cc(F)ccc3c12. The lowest BCUT2D eigenvalue weighted by Gasteiger charge is -1.99. The molecule has 21 heavy (non-hydrogen) atoms. The van der Waals surface area contributed by atoms with Crippen LogP contribution in [0.5, 0.6) is 0 Å². The van der Waals surface area contributed by atoms with E-state index >= 15 is 0 Å². The molecule has 0 aliphatic heterocycles.